The lowest BCUT2D eigenvalue weighted by Crippen LogP contribution is -1.97. The maximum Gasteiger partial charge on any atom is 0.127 e. The summed E-state index contributed by atoms with van der Waals surface area (Å²) in [6.07, 6.45) is 0.869. The quantitative estimate of drug-likeness (QED) is 0.568. The van der Waals surface area contributed by atoms with Crippen molar-refractivity contribution in [3.05, 3.63) is 61.5 Å². The number of halogens is 4. The minimum absolute atomic E-state index is 0.342. The Morgan fingerprint density at radius 3 is 2.70 bits per heavy atom. The van der Waals surface area contributed by atoms with E-state index in [1.165, 1.54) is 0 Å². The number of fused-ring (bicyclic) bond motifs is 1. The van der Waals surface area contributed by atoms with Crippen LogP contribution < -0.4 is 4.74 Å². The SMILES string of the molecule is Clc1cc2c(c(C(Cl)c3ccc(Br)c(Cl)c3)c1)OCC2. The summed E-state index contributed by atoms with van der Waals surface area (Å²) in [4.78, 5) is 0. The highest BCUT2D eigenvalue weighted by molar-refractivity contribution is 9.10. The van der Waals surface area contributed by atoms with Crippen LogP contribution in [0.2, 0.25) is 10.0 Å². The number of rotatable bonds is 2. The maximum absolute atomic E-state index is 6.60. The van der Waals surface area contributed by atoms with Crippen LogP contribution in [0.15, 0.2) is 34.8 Å². The molecule has 20 heavy (non-hydrogen) atoms. The second-order valence-electron chi connectivity index (χ2n) is 4.62. The normalized spacial score (nSPS) is 14.8. The van der Waals surface area contributed by atoms with Crippen LogP contribution >= 0.6 is 50.7 Å². The zero-order valence-electron chi connectivity index (χ0n) is 10.3. The molecule has 0 saturated carbocycles. The molecule has 1 heterocycles. The molecule has 0 radical (unpaired) electrons. The number of ether oxygens (including phenoxy) is 1. The minimum Gasteiger partial charge on any atom is -0.493 e. The Morgan fingerprint density at radius 1 is 1.15 bits per heavy atom. The summed E-state index contributed by atoms with van der Waals surface area (Å²) >= 11 is 22.3. The fourth-order valence-electron chi connectivity index (χ4n) is 2.34. The molecule has 0 bridgehead atoms. The van der Waals surface area contributed by atoms with E-state index in [2.05, 4.69) is 15.9 Å². The number of benzene rings is 2. The Hall–Kier alpha value is -0.410. The topological polar surface area (TPSA) is 9.23 Å². The Labute approximate surface area is 140 Å². The van der Waals surface area contributed by atoms with Gasteiger partial charge in [-0.2, -0.15) is 0 Å². The van der Waals surface area contributed by atoms with Gasteiger partial charge in [-0.25, -0.2) is 0 Å². The Kier molecular flexibility index (Phi) is 4.19. The van der Waals surface area contributed by atoms with Crippen molar-refractivity contribution < 1.29 is 4.74 Å². The molecule has 2 aromatic rings. The average Bonchev–Trinajstić information content (AvgIpc) is 2.88. The van der Waals surface area contributed by atoms with Gasteiger partial charge in [-0.3, -0.25) is 0 Å². The third-order valence-corrected chi connectivity index (χ3v) is 5.22. The van der Waals surface area contributed by atoms with E-state index in [1.54, 1.807) is 0 Å². The minimum atomic E-state index is -0.342. The molecule has 0 aromatic heterocycles. The van der Waals surface area contributed by atoms with Crippen molar-refractivity contribution in [3.8, 4) is 5.75 Å². The fourth-order valence-corrected chi connectivity index (χ4v) is 3.32. The van der Waals surface area contributed by atoms with E-state index in [9.17, 15) is 0 Å². The molecule has 1 atom stereocenters. The number of alkyl halides is 1. The highest BCUT2D eigenvalue weighted by atomic mass is 79.9. The van der Waals surface area contributed by atoms with Crippen molar-refractivity contribution in [2.75, 3.05) is 6.61 Å². The van der Waals surface area contributed by atoms with Crippen molar-refractivity contribution in [1.82, 2.24) is 0 Å². The molecule has 3 rings (SSSR count). The molecule has 104 valence electrons. The van der Waals surface area contributed by atoms with Crippen molar-refractivity contribution in [2.24, 2.45) is 0 Å². The Morgan fingerprint density at radius 2 is 1.95 bits per heavy atom. The van der Waals surface area contributed by atoms with Gasteiger partial charge in [-0.1, -0.05) is 29.3 Å². The molecule has 1 aliphatic rings. The number of hydrogen-bond donors (Lipinski definition) is 0. The van der Waals surface area contributed by atoms with Crippen molar-refractivity contribution in [1.29, 1.82) is 0 Å². The first-order valence-corrected chi connectivity index (χ1v) is 8.09. The number of hydrogen-bond acceptors (Lipinski definition) is 1. The maximum atomic E-state index is 6.60. The summed E-state index contributed by atoms with van der Waals surface area (Å²) in [5, 5.41) is 0.969. The molecule has 0 N–H and O–H groups in total. The molecule has 5 heteroatoms. The highest BCUT2D eigenvalue weighted by Gasteiger charge is 2.23. The molecular weight excluding hydrogens is 382 g/mol. The first-order valence-electron chi connectivity index (χ1n) is 6.10. The van der Waals surface area contributed by atoms with E-state index >= 15 is 0 Å². The van der Waals surface area contributed by atoms with Gasteiger partial charge in [0.2, 0.25) is 0 Å². The highest BCUT2D eigenvalue weighted by Crippen LogP contribution is 2.42. The van der Waals surface area contributed by atoms with E-state index < -0.39 is 0 Å². The van der Waals surface area contributed by atoms with Gasteiger partial charge < -0.3 is 4.74 Å². The summed E-state index contributed by atoms with van der Waals surface area (Å²) < 4.78 is 6.54. The van der Waals surface area contributed by atoms with Crippen LogP contribution in [0, 0.1) is 0 Å². The van der Waals surface area contributed by atoms with E-state index in [1.807, 2.05) is 30.3 Å². The molecule has 1 aliphatic heterocycles. The van der Waals surface area contributed by atoms with Crippen LogP contribution in [-0.4, -0.2) is 6.61 Å². The van der Waals surface area contributed by atoms with Crippen molar-refractivity contribution in [2.45, 2.75) is 11.8 Å². The molecule has 0 aliphatic carbocycles. The van der Waals surface area contributed by atoms with Crippen LogP contribution in [0.4, 0.5) is 0 Å². The van der Waals surface area contributed by atoms with Gasteiger partial charge >= 0.3 is 0 Å². The summed E-state index contributed by atoms with van der Waals surface area (Å²) in [6, 6.07) is 9.48. The molecule has 1 unspecified atom stereocenters. The fraction of sp³-hybridized carbons (Fsp3) is 0.200. The van der Waals surface area contributed by atoms with Gasteiger partial charge in [0.1, 0.15) is 5.75 Å². The van der Waals surface area contributed by atoms with Crippen LogP contribution in [0.1, 0.15) is 22.1 Å². The van der Waals surface area contributed by atoms with Gasteiger partial charge in [-0.05, 0) is 51.3 Å². The molecule has 0 saturated heterocycles. The van der Waals surface area contributed by atoms with Gasteiger partial charge in [0, 0.05) is 21.5 Å². The summed E-state index contributed by atoms with van der Waals surface area (Å²) in [6.45, 7) is 0.674. The molecular formula is C15H10BrCl3O. The second-order valence-corrected chi connectivity index (χ2v) is 6.75. The van der Waals surface area contributed by atoms with E-state index in [4.69, 9.17) is 39.5 Å². The van der Waals surface area contributed by atoms with Gasteiger partial charge in [0.05, 0.1) is 17.0 Å². The van der Waals surface area contributed by atoms with E-state index in [0.717, 1.165) is 33.3 Å². The predicted molar refractivity (Wildman–Crippen MR) is 87.5 cm³/mol. The third kappa shape index (κ3) is 2.67. The molecule has 0 fully saturated rings. The molecule has 0 spiro atoms. The Bertz CT molecular complexity index is 672. The van der Waals surface area contributed by atoms with Crippen molar-refractivity contribution in [3.63, 3.8) is 0 Å². The second kappa shape index (κ2) is 5.76. The first kappa shape index (κ1) is 14.5. The predicted octanol–water partition coefficient (Wildman–Crippen LogP) is 6.02. The van der Waals surface area contributed by atoms with E-state index in [-0.39, 0.29) is 5.38 Å². The standard InChI is InChI=1S/C15H10BrCl3O/c16-12-2-1-8(6-13(12)18)14(19)11-7-10(17)5-9-3-4-20-15(9)11/h1-2,5-7,14H,3-4H2. The summed E-state index contributed by atoms with van der Waals surface area (Å²) in [5.74, 6) is 0.855. The monoisotopic (exact) mass is 390 g/mol. The third-order valence-electron chi connectivity index (χ3n) is 3.29. The molecule has 1 nitrogen and oxygen atoms in total. The van der Waals surface area contributed by atoms with E-state index in [0.29, 0.717) is 16.7 Å². The largest absolute Gasteiger partial charge is 0.493 e. The van der Waals surface area contributed by atoms with Crippen LogP contribution in [0.25, 0.3) is 0 Å². The van der Waals surface area contributed by atoms with Crippen molar-refractivity contribution >= 4 is 50.7 Å². The van der Waals surface area contributed by atoms with Gasteiger partial charge in [0.15, 0.2) is 0 Å². The lowest BCUT2D eigenvalue weighted by atomic mass is 10.0. The van der Waals surface area contributed by atoms with Crippen LogP contribution in [-0.2, 0) is 6.42 Å². The van der Waals surface area contributed by atoms with Crippen LogP contribution in [0.3, 0.4) is 0 Å². The van der Waals surface area contributed by atoms with Gasteiger partial charge in [-0.15, -0.1) is 11.6 Å². The lowest BCUT2D eigenvalue weighted by Gasteiger charge is -2.15. The zero-order valence-corrected chi connectivity index (χ0v) is 14.2. The molecule has 2 aromatic carbocycles. The summed E-state index contributed by atoms with van der Waals surface area (Å²) in [5.41, 5.74) is 2.92. The average molecular weight is 393 g/mol. The lowest BCUT2D eigenvalue weighted by molar-refractivity contribution is 0.353. The van der Waals surface area contributed by atoms with Crippen LogP contribution in [0.5, 0.6) is 5.75 Å². The van der Waals surface area contributed by atoms with Gasteiger partial charge in [0.25, 0.3) is 0 Å². The smallest absolute Gasteiger partial charge is 0.127 e. The Balaban J connectivity index is 2.06. The summed E-state index contributed by atoms with van der Waals surface area (Å²) in [7, 11) is 0. The zero-order chi connectivity index (χ0) is 14.3. The molecule has 0 amide bonds. The first-order chi connectivity index (χ1) is 9.56.